The van der Waals surface area contributed by atoms with E-state index in [4.69, 9.17) is 14.2 Å². The SMILES string of the molecule is COc1ccc(S(=O)(=O)c2cccc(S(=O)(=O)c3ccc(OC)cc3)c2S(=O)(=O)c2ccc(OC)cc2)cc1. The van der Waals surface area contributed by atoms with E-state index in [1.807, 2.05) is 0 Å². The highest BCUT2D eigenvalue weighted by Crippen LogP contribution is 2.38. The number of rotatable bonds is 9. The topological polar surface area (TPSA) is 130 Å². The van der Waals surface area contributed by atoms with E-state index in [-0.39, 0.29) is 14.7 Å². The van der Waals surface area contributed by atoms with Crippen molar-refractivity contribution < 1.29 is 39.5 Å². The summed E-state index contributed by atoms with van der Waals surface area (Å²) >= 11 is 0. The number of hydrogen-bond donors (Lipinski definition) is 0. The van der Waals surface area contributed by atoms with E-state index < -0.39 is 44.2 Å². The Balaban J connectivity index is 2.04. The van der Waals surface area contributed by atoms with Gasteiger partial charge in [-0.25, -0.2) is 25.3 Å². The summed E-state index contributed by atoms with van der Waals surface area (Å²) in [5, 5.41) is 0. The molecule has 9 nitrogen and oxygen atoms in total. The van der Waals surface area contributed by atoms with Gasteiger partial charge in [-0.15, -0.1) is 0 Å². The molecule has 0 atom stereocenters. The first-order valence-electron chi connectivity index (χ1n) is 11.3. The van der Waals surface area contributed by atoms with Gasteiger partial charge in [0, 0.05) is 0 Å². The maximum Gasteiger partial charge on any atom is 0.209 e. The lowest BCUT2D eigenvalue weighted by molar-refractivity contribution is 0.414. The molecule has 0 amide bonds. The van der Waals surface area contributed by atoms with Gasteiger partial charge < -0.3 is 14.2 Å². The van der Waals surface area contributed by atoms with Crippen LogP contribution in [0.15, 0.2) is 120 Å². The van der Waals surface area contributed by atoms with Crippen molar-refractivity contribution >= 4 is 29.5 Å². The molecule has 0 aliphatic rings. The van der Waals surface area contributed by atoms with E-state index in [2.05, 4.69) is 0 Å². The number of sulfone groups is 3. The van der Waals surface area contributed by atoms with Gasteiger partial charge in [-0.1, -0.05) is 6.07 Å². The van der Waals surface area contributed by atoms with Gasteiger partial charge in [0.2, 0.25) is 29.5 Å². The Morgan fingerprint density at radius 1 is 0.410 bits per heavy atom. The fraction of sp³-hybridized carbons (Fsp3) is 0.111. The van der Waals surface area contributed by atoms with Gasteiger partial charge in [0.15, 0.2) is 0 Å². The van der Waals surface area contributed by atoms with Crippen molar-refractivity contribution in [1.29, 1.82) is 0 Å². The highest BCUT2D eigenvalue weighted by atomic mass is 32.2. The molecule has 4 rings (SSSR count). The van der Waals surface area contributed by atoms with Crippen molar-refractivity contribution in [2.45, 2.75) is 29.4 Å². The predicted molar refractivity (Wildman–Crippen MR) is 142 cm³/mol. The molecule has 0 bridgehead atoms. The third kappa shape index (κ3) is 5.22. The monoisotopic (exact) mass is 588 g/mol. The van der Waals surface area contributed by atoms with Gasteiger partial charge >= 0.3 is 0 Å². The summed E-state index contributed by atoms with van der Waals surface area (Å²) in [7, 11) is -9.50. The molecule has 0 aliphatic heterocycles. The molecule has 0 aliphatic carbocycles. The standard InChI is InChI=1S/C27H24O9S3/c1-34-19-7-13-22(14-8-19)37(28,29)25-5-4-6-26(38(30,31)23-15-9-20(35-2)10-16-23)27(25)39(32,33)24-17-11-21(36-3)12-18-24/h4-18H,1-3H3. The van der Waals surface area contributed by atoms with Gasteiger partial charge in [0.05, 0.1) is 45.8 Å². The van der Waals surface area contributed by atoms with E-state index >= 15 is 0 Å². The molecular weight excluding hydrogens is 564 g/mol. The smallest absolute Gasteiger partial charge is 0.209 e. The van der Waals surface area contributed by atoms with Gasteiger partial charge in [-0.3, -0.25) is 0 Å². The average molecular weight is 589 g/mol. The fourth-order valence-electron chi connectivity index (χ4n) is 3.82. The third-order valence-electron chi connectivity index (χ3n) is 5.90. The van der Waals surface area contributed by atoms with Crippen LogP contribution >= 0.6 is 0 Å². The Bertz CT molecular complexity index is 1710. The number of ether oxygens (including phenoxy) is 3. The summed E-state index contributed by atoms with van der Waals surface area (Å²) in [6, 6.07) is 19.2. The molecular formula is C27H24O9S3. The van der Waals surface area contributed by atoms with Gasteiger partial charge in [0.1, 0.15) is 22.1 Å². The van der Waals surface area contributed by atoms with Crippen molar-refractivity contribution in [3.05, 3.63) is 91.0 Å². The highest BCUT2D eigenvalue weighted by molar-refractivity contribution is 7.96. The van der Waals surface area contributed by atoms with Crippen LogP contribution in [0.25, 0.3) is 0 Å². The van der Waals surface area contributed by atoms with Crippen LogP contribution in [0.5, 0.6) is 17.2 Å². The fourth-order valence-corrected chi connectivity index (χ4v) is 9.32. The lowest BCUT2D eigenvalue weighted by Gasteiger charge is -2.17. The first kappa shape index (κ1) is 28.1. The molecule has 39 heavy (non-hydrogen) atoms. The van der Waals surface area contributed by atoms with Crippen LogP contribution in [0.4, 0.5) is 0 Å². The Kier molecular flexibility index (Phi) is 7.73. The largest absolute Gasteiger partial charge is 0.497 e. The number of hydrogen-bond acceptors (Lipinski definition) is 9. The van der Waals surface area contributed by atoms with Crippen molar-refractivity contribution in [1.82, 2.24) is 0 Å². The van der Waals surface area contributed by atoms with Crippen LogP contribution < -0.4 is 14.2 Å². The molecule has 0 fully saturated rings. The van der Waals surface area contributed by atoms with Crippen molar-refractivity contribution in [2.24, 2.45) is 0 Å². The molecule has 0 saturated heterocycles. The average Bonchev–Trinajstić information content (AvgIpc) is 2.96. The molecule has 0 saturated carbocycles. The number of methoxy groups -OCH3 is 3. The molecule has 204 valence electrons. The first-order valence-corrected chi connectivity index (χ1v) is 15.7. The van der Waals surface area contributed by atoms with Crippen LogP contribution in [-0.4, -0.2) is 46.6 Å². The number of benzene rings is 4. The zero-order valence-corrected chi connectivity index (χ0v) is 23.5. The summed E-state index contributed by atoms with van der Waals surface area (Å²) in [6.45, 7) is 0. The van der Waals surface area contributed by atoms with E-state index in [9.17, 15) is 25.3 Å². The van der Waals surface area contributed by atoms with Crippen molar-refractivity contribution in [3.8, 4) is 17.2 Å². The van der Waals surface area contributed by atoms with Crippen LogP contribution in [0, 0.1) is 0 Å². The second-order valence-electron chi connectivity index (χ2n) is 8.12. The Morgan fingerprint density at radius 3 is 0.974 bits per heavy atom. The Morgan fingerprint density at radius 2 is 0.692 bits per heavy atom. The van der Waals surface area contributed by atoms with Crippen molar-refractivity contribution in [3.63, 3.8) is 0 Å². The van der Waals surface area contributed by atoms with Gasteiger partial charge in [-0.05, 0) is 84.9 Å². The zero-order chi connectivity index (χ0) is 28.4. The lowest BCUT2D eigenvalue weighted by atomic mass is 10.3. The Labute approximate surface area is 227 Å². The highest BCUT2D eigenvalue weighted by Gasteiger charge is 2.36. The van der Waals surface area contributed by atoms with Crippen LogP contribution in [0.3, 0.4) is 0 Å². The molecule has 0 spiro atoms. The van der Waals surface area contributed by atoms with E-state index in [0.717, 1.165) is 12.1 Å². The molecule has 0 radical (unpaired) electrons. The Hall–Kier alpha value is -3.87. The lowest BCUT2D eigenvalue weighted by Crippen LogP contribution is -2.16. The molecule has 0 N–H and O–H groups in total. The van der Waals surface area contributed by atoms with E-state index in [0.29, 0.717) is 17.2 Å². The first-order chi connectivity index (χ1) is 18.5. The maximum atomic E-state index is 14.0. The summed E-state index contributed by atoms with van der Waals surface area (Å²) in [5.74, 6) is 1.13. The van der Waals surface area contributed by atoms with Gasteiger partial charge in [-0.2, -0.15) is 0 Å². The predicted octanol–water partition coefficient (Wildman–Crippen LogP) is 4.21. The molecule has 12 heteroatoms. The summed E-state index contributed by atoms with van der Waals surface area (Å²) in [4.78, 5) is -3.02. The molecule has 4 aromatic rings. The zero-order valence-electron chi connectivity index (χ0n) is 21.1. The second-order valence-corrected chi connectivity index (χ2v) is 13.8. The normalized spacial score (nSPS) is 12.1. The van der Waals surface area contributed by atoms with Crippen LogP contribution in [0.1, 0.15) is 0 Å². The molecule has 0 heterocycles. The second kappa shape index (κ2) is 10.7. The van der Waals surface area contributed by atoms with E-state index in [1.54, 1.807) is 0 Å². The minimum absolute atomic E-state index is 0.242. The molecule has 0 unspecified atom stereocenters. The van der Waals surface area contributed by atoms with Crippen LogP contribution in [-0.2, 0) is 29.5 Å². The minimum atomic E-state index is -4.70. The summed E-state index contributed by atoms with van der Waals surface area (Å²) < 4.78 is 98.5. The maximum absolute atomic E-state index is 14.0. The molecule has 4 aromatic carbocycles. The summed E-state index contributed by atoms with van der Waals surface area (Å²) in [6.07, 6.45) is 0. The quantitative estimate of drug-likeness (QED) is 0.282. The third-order valence-corrected chi connectivity index (χ3v) is 11.7. The minimum Gasteiger partial charge on any atom is -0.497 e. The van der Waals surface area contributed by atoms with Crippen molar-refractivity contribution in [2.75, 3.05) is 21.3 Å². The van der Waals surface area contributed by atoms with E-state index in [1.165, 1.54) is 100 Å². The summed E-state index contributed by atoms with van der Waals surface area (Å²) in [5.41, 5.74) is 0. The molecule has 0 aromatic heterocycles. The van der Waals surface area contributed by atoms with Gasteiger partial charge in [0.25, 0.3) is 0 Å². The van der Waals surface area contributed by atoms with Crippen LogP contribution in [0.2, 0.25) is 0 Å².